The Kier molecular flexibility index (Phi) is 5.02. The Labute approximate surface area is 146 Å². The molecule has 0 aliphatic rings. The van der Waals surface area contributed by atoms with Crippen molar-refractivity contribution in [2.75, 3.05) is 5.43 Å². The minimum Gasteiger partial charge on any atom is -0.457 e. The van der Waals surface area contributed by atoms with Crippen LogP contribution in [0.3, 0.4) is 0 Å². The Morgan fingerprint density at radius 3 is 2.75 bits per heavy atom. The Hall–Kier alpha value is -2.93. The molecule has 6 nitrogen and oxygen atoms in total. The van der Waals surface area contributed by atoms with E-state index in [9.17, 15) is 4.79 Å². The molecule has 0 unspecified atom stereocenters. The first kappa shape index (κ1) is 15.9. The minimum absolute atomic E-state index is 0.326. The van der Waals surface area contributed by atoms with Crippen LogP contribution in [0.4, 0.5) is 5.69 Å². The number of aromatic amines is 1. The summed E-state index contributed by atoms with van der Waals surface area (Å²) in [7, 11) is 0. The monoisotopic (exact) mass is 384 g/mol. The number of hydrogen-bond donors (Lipinski definition) is 2. The SMILES string of the molecule is O=c1[nH]ncc(N/N=C\c2cccc(Oc3ccccc3)c2)c1Br. The number of rotatable bonds is 5. The second kappa shape index (κ2) is 7.56. The smallest absolute Gasteiger partial charge is 0.280 e. The van der Waals surface area contributed by atoms with Crippen LogP contribution in [-0.4, -0.2) is 16.4 Å². The molecule has 0 radical (unpaired) electrons. The maximum atomic E-state index is 11.4. The van der Waals surface area contributed by atoms with Crippen molar-refractivity contribution in [3.8, 4) is 11.5 Å². The van der Waals surface area contributed by atoms with Gasteiger partial charge in [-0.15, -0.1) is 0 Å². The van der Waals surface area contributed by atoms with E-state index in [-0.39, 0.29) is 5.56 Å². The number of benzene rings is 2. The van der Waals surface area contributed by atoms with Crippen molar-refractivity contribution in [2.45, 2.75) is 0 Å². The summed E-state index contributed by atoms with van der Waals surface area (Å²) in [6.45, 7) is 0. The molecule has 3 rings (SSSR count). The molecule has 0 amide bonds. The van der Waals surface area contributed by atoms with Gasteiger partial charge < -0.3 is 4.74 Å². The summed E-state index contributed by atoms with van der Waals surface area (Å²) in [5.74, 6) is 1.48. The third-order valence-electron chi connectivity index (χ3n) is 3.03. The normalized spacial score (nSPS) is 10.7. The largest absolute Gasteiger partial charge is 0.457 e. The van der Waals surface area contributed by atoms with Gasteiger partial charge in [0.05, 0.1) is 18.1 Å². The highest BCUT2D eigenvalue weighted by molar-refractivity contribution is 9.10. The third kappa shape index (κ3) is 4.08. The number of hydrazone groups is 1. The molecule has 0 spiro atoms. The molecule has 0 saturated carbocycles. The molecule has 0 aliphatic heterocycles. The number of H-pyrrole nitrogens is 1. The Bertz CT molecular complexity index is 910. The fourth-order valence-corrected chi connectivity index (χ4v) is 2.20. The zero-order valence-electron chi connectivity index (χ0n) is 12.4. The van der Waals surface area contributed by atoms with E-state index in [1.54, 1.807) is 6.21 Å². The summed E-state index contributed by atoms with van der Waals surface area (Å²) in [5, 5.41) is 10.1. The highest BCUT2D eigenvalue weighted by Gasteiger charge is 2.02. The number of hydrogen-bond acceptors (Lipinski definition) is 5. The molecule has 0 aliphatic carbocycles. The quantitative estimate of drug-likeness (QED) is 0.518. The molecule has 1 heterocycles. The lowest BCUT2D eigenvalue weighted by Gasteiger charge is -2.06. The predicted octanol–water partition coefficient (Wildman–Crippen LogP) is 3.77. The lowest BCUT2D eigenvalue weighted by atomic mass is 10.2. The van der Waals surface area contributed by atoms with Gasteiger partial charge in [0, 0.05) is 0 Å². The topological polar surface area (TPSA) is 79.4 Å². The average Bonchev–Trinajstić information content (AvgIpc) is 2.60. The predicted molar refractivity (Wildman–Crippen MR) is 96.7 cm³/mol. The van der Waals surface area contributed by atoms with Crippen LogP contribution in [0.1, 0.15) is 5.56 Å². The Balaban J connectivity index is 1.70. The van der Waals surface area contributed by atoms with Crippen LogP contribution in [0.2, 0.25) is 0 Å². The van der Waals surface area contributed by atoms with E-state index in [1.165, 1.54) is 6.20 Å². The van der Waals surface area contributed by atoms with E-state index in [1.807, 2.05) is 54.6 Å². The van der Waals surface area contributed by atoms with Gasteiger partial charge in [0.2, 0.25) is 0 Å². The van der Waals surface area contributed by atoms with E-state index in [0.717, 1.165) is 11.3 Å². The van der Waals surface area contributed by atoms with Crippen LogP contribution in [0, 0.1) is 0 Å². The summed E-state index contributed by atoms with van der Waals surface area (Å²) in [6.07, 6.45) is 3.10. The Morgan fingerprint density at radius 2 is 1.92 bits per heavy atom. The summed E-state index contributed by atoms with van der Waals surface area (Å²) in [4.78, 5) is 11.4. The van der Waals surface area contributed by atoms with Gasteiger partial charge >= 0.3 is 0 Å². The van der Waals surface area contributed by atoms with Gasteiger partial charge in [-0.1, -0.05) is 30.3 Å². The average molecular weight is 385 g/mol. The zero-order valence-corrected chi connectivity index (χ0v) is 14.0. The van der Waals surface area contributed by atoms with Crippen LogP contribution >= 0.6 is 15.9 Å². The molecular formula is C17H13BrN4O2. The molecule has 0 saturated heterocycles. The van der Waals surface area contributed by atoms with Gasteiger partial charge in [0.25, 0.3) is 5.56 Å². The number of anilines is 1. The van der Waals surface area contributed by atoms with Crippen molar-refractivity contribution < 1.29 is 4.74 Å². The molecule has 24 heavy (non-hydrogen) atoms. The molecule has 2 aromatic carbocycles. The third-order valence-corrected chi connectivity index (χ3v) is 3.82. The molecule has 7 heteroatoms. The molecule has 0 bridgehead atoms. The van der Waals surface area contributed by atoms with E-state index >= 15 is 0 Å². The first-order valence-corrected chi connectivity index (χ1v) is 7.87. The van der Waals surface area contributed by atoms with Crippen molar-refractivity contribution in [2.24, 2.45) is 5.10 Å². The van der Waals surface area contributed by atoms with Gasteiger partial charge in [-0.3, -0.25) is 10.2 Å². The minimum atomic E-state index is -0.326. The highest BCUT2D eigenvalue weighted by Crippen LogP contribution is 2.21. The second-order valence-corrected chi connectivity index (χ2v) is 5.58. The number of ether oxygens (including phenoxy) is 1. The van der Waals surface area contributed by atoms with Crippen LogP contribution < -0.4 is 15.7 Å². The number of nitrogens with zero attached hydrogens (tertiary/aromatic N) is 2. The molecule has 0 fully saturated rings. The fraction of sp³-hybridized carbons (Fsp3) is 0. The van der Waals surface area contributed by atoms with Crippen molar-refractivity contribution in [3.63, 3.8) is 0 Å². The van der Waals surface area contributed by atoms with Crippen LogP contribution in [-0.2, 0) is 0 Å². The first-order chi connectivity index (χ1) is 11.7. The second-order valence-electron chi connectivity index (χ2n) is 4.78. The van der Waals surface area contributed by atoms with Gasteiger partial charge in [-0.05, 0) is 45.8 Å². The summed E-state index contributed by atoms with van der Waals surface area (Å²) in [6, 6.07) is 17.1. The number of para-hydroxylation sites is 1. The van der Waals surface area contributed by atoms with Crippen LogP contribution in [0.15, 0.2) is 75.2 Å². The number of nitrogens with one attached hydrogen (secondary N) is 2. The molecule has 3 aromatic rings. The van der Waals surface area contributed by atoms with E-state index in [0.29, 0.717) is 15.9 Å². The summed E-state index contributed by atoms with van der Waals surface area (Å²) in [5.41, 5.74) is 3.78. The van der Waals surface area contributed by atoms with Crippen molar-refractivity contribution >= 4 is 27.8 Å². The Morgan fingerprint density at radius 1 is 1.12 bits per heavy atom. The van der Waals surface area contributed by atoms with E-state index in [2.05, 4.69) is 36.7 Å². The highest BCUT2D eigenvalue weighted by atomic mass is 79.9. The fourth-order valence-electron chi connectivity index (χ4n) is 1.92. The number of aromatic nitrogens is 2. The summed E-state index contributed by atoms with van der Waals surface area (Å²) >= 11 is 3.18. The molecule has 120 valence electrons. The van der Waals surface area contributed by atoms with Crippen molar-refractivity contribution in [1.29, 1.82) is 0 Å². The molecule has 0 atom stereocenters. The van der Waals surface area contributed by atoms with Gasteiger partial charge in [-0.25, -0.2) is 5.10 Å². The molecular weight excluding hydrogens is 372 g/mol. The van der Waals surface area contributed by atoms with Crippen molar-refractivity contribution in [3.05, 3.63) is 81.2 Å². The lowest BCUT2D eigenvalue weighted by molar-refractivity contribution is 0.482. The van der Waals surface area contributed by atoms with Crippen molar-refractivity contribution in [1.82, 2.24) is 10.2 Å². The van der Waals surface area contributed by atoms with Gasteiger partial charge in [-0.2, -0.15) is 10.2 Å². The van der Waals surface area contributed by atoms with Gasteiger partial charge in [0.1, 0.15) is 16.0 Å². The number of halogens is 1. The summed E-state index contributed by atoms with van der Waals surface area (Å²) < 4.78 is 6.12. The van der Waals surface area contributed by atoms with Crippen LogP contribution in [0.25, 0.3) is 0 Å². The molecule has 1 aromatic heterocycles. The zero-order chi connectivity index (χ0) is 16.8. The van der Waals surface area contributed by atoms with Crippen LogP contribution in [0.5, 0.6) is 11.5 Å². The maximum Gasteiger partial charge on any atom is 0.280 e. The standard InChI is InChI=1S/C17H13BrN4O2/c18-16-15(11-20-22-17(16)23)21-19-10-12-5-4-8-14(9-12)24-13-6-2-1-3-7-13/h1-11H,(H2,21,22,23)/b19-10-. The van der Waals surface area contributed by atoms with E-state index < -0.39 is 0 Å². The van der Waals surface area contributed by atoms with E-state index in [4.69, 9.17) is 4.74 Å². The molecule has 2 N–H and O–H groups in total. The lowest BCUT2D eigenvalue weighted by Crippen LogP contribution is -2.10. The first-order valence-electron chi connectivity index (χ1n) is 7.07. The maximum absolute atomic E-state index is 11.4. The van der Waals surface area contributed by atoms with Gasteiger partial charge in [0.15, 0.2) is 0 Å².